The third kappa shape index (κ3) is 2.58. The van der Waals surface area contributed by atoms with Crippen molar-refractivity contribution in [2.24, 2.45) is 7.05 Å². The van der Waals surface area contributed by atoms with E-state index in [9.17, 15) is 4.79 Å². The van der Waals surface area contributed by atoms with Crippen LogP contribution in [0.3, 0.4) is 0 Å². The Balaban J connectivity index is 2.10. The number of amides is 1. The number of rotatable bonds is 2. The van der Waals surface area contributed by atoms with Gasteiger partial charge in [0.05, 0.1) is 11.8 Å². The summed E-state index contributed by atoms with van der Waals surface area (Å²) in [5.74, 6) is 0.309. The molecule has 6 heteroatoms. The zero-order valence-electron chi connectivity index (χ0n) is 11.0. The summed E-state index contributed by atoms with van der Waals surface area (Å²) in [6.45, 7) is 6.23. The third-order valence-corrected chi connectivity index (χ3v) is 2.59. The van der Waals surface area contributed by atoms with Crippen LogP contribution in [-0.4, -0.2) is 25.9 Å². The average Bonchev–Trinajstić information content (AvgIpc) is 2.85. The Morgan fingerprint density at radius 3 is 2.67 bits per heavy atom. The molecule has 2 heterocycles. The Morgan fingerprint density at radius 1 is 1.44 bits per heavy atom. The van der Waals surface area contributed by atoms with Gasteiger partial charge >= 0.3 is 0 Å². The van der Waals surface area contributed by atoms with Gasteiger partial charge in [-0.3, -0.25) is 14.6 Å². The summed E-state index contributed by atoms with van der Waals surface area (Å²) >= 11 is 0. The smallest absolute Gasteiger partial charge is 0.260 e. The second-order valence-electron chi connectivity index (χ2n) is 5.27. The highest BCUT2D eigenvalue weighted by Gasteiger charge is 2.17. The van der Waals surface area contributed by atoms with E-state index < -0.39 is 0 Å². The van der Waals surface area contributed by atoms with Gasteiger partial charge < -0.3 is 5.32 Å². The molecule has 0 saturated carbocycles. The normalized spacial score (nSPS) is 11.6. The highest BCUT2D eigenvalue weighted by molar-refractivity contribution is 6.03. The summed E-state index contributed by atoms with van der Waals surface area (Å²) in [6.07, 6.45) is 3.18. The van der Waals surface area contributed by atoms with Crippen molar-refractivity contribution < 1.29 is 4.79 Å². The van der Waals surface area contributed by atoms with Gasteiger partial charge in [0.25, 0.3) is 5.91 Å². The quantitative estimate of drug-likeness (QED) is 0.848. The molecule has 18 heavy (non-hydrogen) atoms. The van der Waals surface area contributed by atoms with Crippen molar-refractivity contribution in [2.75, 3.05) is 5.32 Å². The first kappa shape index (κ1) is 12.3. The summed E-state index contributed by atoms with van der Waals surface area (Å²) < 4.78 is 1.58. The minimum absolute atomic E-state index is 0.0235. The summed E-state index contributed by atoms with van der Waals surface area (Å²) in [5.41, 5.74) is 1.46. The first-order chi connectivity index (χ1) is 8.36. The summed E-state index contributed by atoms with van der Waals surface area (Å²) in [4.78, 5) is 11.9. The molecule has 0 aromatic carbocycles. The Morgan fingerprint density at radius 2 is 2.17 bits per heavy atom. The number of anilines is 1. The van der Waals surface area contributed by atoms with Crippen molar-refractivity contribution in [1.29, 1.82) is 0 Å². The Bertz CT molecular complexity index is 561. The van der Waals surface area contributed by atoms with Crippen molar-refractivity contribution in [2.45, 2.75) is 26.2 Å². The minimum Gasteiger partial charge on any atom is -0.305 e. The SMILES string of the molecule is Cn1cc(C(=O)Nc2cc(C(C)(C)C)[nH]n2)cn1. The molecule has 96 valence electrons. The molecule has 0 aliphatic heterocycles. The number of hydrogen-bond donors (Lipinski definition) is 2. The van der Waals surface area contributed by atoms with Crippen LogP contribution in [0, 0.1) is 0 Å². The van der Waals surface area contributed by atoms with Gasteiger partial charge in [-0.1, -0.05) is 20.8 Å². The molecule has 0 radical (unpaired) electrons. The Labute approximate surface area is 105 Å². The summed E-state index contributed by atoms with van der Waals surface area (Å²) in [6, 6.07) is 1.84. The van der Waals surface area contributed by atoms with Crippen LogP contribution in [0.4, 0.5) is 5.82 Å². The Hall–Kier alpha value is -2.11. The maximum atomic E-state index is 11.9. The zero-order chi connectivity index (χ0) is 13.3. The van der Waals surface area contributed by atoms with Crippen molar-refractivity contribution in [3.63, 3.8) is 0 Å². The molecular weight excluding hydrogens is 230 g/mol. The van der Waals surface area contributed by atoms with Crippen LogP contribution in [0.25, 0.3) is 0 Å². The van der Waals surface area contributed by atoms with Gasteiger partial charge in [-0.2, -0.15) is 10.2 Å². The van der Waals surface area contributed by atoms with Crippen molar-refractivity contribution >= 4 is 11.7 Å². The van der Waals surface area contributed by atoms with E-state index in [0.29, 0.717) is 11.4 Å². The number of hydrogen-bond acceptors (Lipinski definition) is 3. The van der Waals surface area contributed by atoms with Crippen LogP contribution < -0.4 is 5.32 Å². The molecule has 0 saturated heterocycles. The van der Waals surface area contributed by atoms with Crippen LogP contribution in [0.15, 0.2) is 18.5 Å². The molecule has 0 fully saturated rings. The fourth-order valence-electron chi connectivity index (χ4n) is 1.50. The van der Waals surface area contributed by atoms with E-state index in [4.69, 9.17) is 0 Å². The lowest BCUT2D eigenvalue weighted by Crippen LogP contribution is -2.12. The highest BCUT2D eigenvalue weighted by Crippen LogP contribution is 2.22. The lowest BCUT2D eigenvalue weighted by Gasteiger charge is -2.14. The second kappa shape index (κ2) is 4.29. The number of nitrogens with zero attached hydrogens (tertiary/aromatic N) is 3. The number of carbonyl (C=O) groups excluding carboxylic acids is 1. The minimum atomic E-state index is -0.213. The molecule has 0 bridgehead atoms. The maximum absolute atomic E-state index is 11.9. The molecule has 0 atom stereocenters. The number of nitrogens with one attached hydrogen (secondary N) is 2. The van der Waals surface area contributed by atoms with Gasteiger partial charge in [0.1, 0.15) is 0 Å². The topological polar surface area (TPSA) is 75.6 Å². The van der Waals surface area contributed by atoms with Crippen molar-refractivity contribution in [3.05, 3.63) is 29.7 Å². The molecule has 1 amide bonds. The van der Waals surface area contributed by atoms with Crippen LogP contribution in [0.5, 0.6) is 0 Å². The first-order valence-electron chi connectivity index (χ1n) is 5.72. The maximum Gasteiger partial charge on any atom is 0.260 e. The molecule has 2 N–H and O–H groups in total. The fourth-order valence-corrected chi connectivity index (χ4v) is 1.50. The molecule has 6 nitrogen and oxygen atoms in total. The molecule has 0 unspecified atom stereocenters. The molecule has 0 aliphatic carbocycles. The van der Waals surface area contributed by atoms with E-state index in [2.05, 4.69) is 41.4 Å². The predicted octanol–water partition coefficient (Wildman–Crippen LogP) is 1.69. The number of aromatic amines is 1. The molecule has 2 aromatic rings. The Kier molecular flexibility index (Phi) is 2.94. The van der Waals surface area contributed by atoms with Crippen molar-refractivity contribution in [3.8, 4) is 0 Å². The monoisotopic (exact) mass is 247 g/mol. The summed E-state index contributed by atoms with van der Waals surface area (Å²) in [7, 11) is 1.77. The highest BCUT2D eigenvalue weighted by atomic mass is 16.1. The first-order valence-corrected chi connectivity index (χ1v) is 5.72. The van der Waals surface area contributed by atoms with E-state index in [-0.39, 0.29) is 11.3 Å². The largest absolute Gasteiger partial charge is 0.305 e. The van der Waals surface area contributed by atoms with Gasteiger partial charge in [-0.05, 0) is 0 Å². The molecule has 0 aliphatic rings. The summed E-state index contributed by atoms with van der Waals surface area (Å²) in [5, 5.41) is 13.7. The lowest BCUT2D eigenvalue weighted by atomic mass is 9.92. The zero-order valence-corrected chi connectivity index (χ0v) is 11.0. The molecule has 2 aromatic heterocycles. The van der Waals surface area contributed by atoms with E-state index >= 15 is 0 Å². The fraction of sp³-hybridized carbons (Fsp3) is 0.417. The second-order valence-corrected chi connectivity index (χ2v) is 5.27. The number of aryl methyl sites for hydroxylation is 1. The van der Waals surface area contributed by atoms with Gasteiger partial charge in [0, 0.05) is 30.4 Å². The van der Waals surface area contributed by atoms with Crippen molar-refractivity contribution in [1.82, 2.24) is 20.0 Å². The van der Waals surface area contributed by atoms with Crippen LogP contribution in [-0.2, 0) is 12.5 Å². The van der Waals surface area contributed by atoms with E-state index in [1.807, 2.05) is 6.07 Å². The number of carbonyl (C=O) groups is 1. The van der Waals surface area contributed by atoms with Crippen LogP contribution in [0.1, 0.15) is 36.8 Å². The van der Waals surface area contributed by atoms with E-state index in [0.717, 1.165) is 5.69 Å². The molecular formula is C12H17N5O. The lowest BCUT2D eigenvalue weighted by molar-refractivity contribution is 0.102. The van der Waals surface area contributed by atoms with E-state index in [1.54, 1.807) is 17.9 Å². The number of aromatic nitrogens is 4. The average molecular weight is 247 g/mol. The predicted molar refractivity (Wildman–Crippen MR) is 68.4 cm³/mol. The van der Waals surface area contributed by atoms with Gasteiger partial charge in [-0.25, -0.2) is 0 Å². The van der Waals surface area contributed by atoms with Gasteiger partial charge in [0.15, 0.2) is 5.82 Å². The van der Waals surface area contributed by atoms with Crippen LogP contribution >= 0.6 is 0 Å². The number of H-pyrrole nitrogens is 1. The third-order valence-electron chi connectivity index (χ3n) is 2.59. The standard InChI is InChI=1S/C12H17N5O/c1-12(2,3)9-5-10(16-15-9)14-11(18)8-6-13-17(4)7-8/h5-7H,1-4H3,(H2,14,15,16,18). The van der Waals surface area contributed by atoms with Gasteiger partial charge in [0.2, 0.25) is 0 Å². The molecule has 2 rings (SSSR count). The van der Waals surface area contributed by atoms with E-state index in [1.165, 1.54) is 6.20 Å². The van der Waals surface area contributed by atoms with Gasteiger partial charge in [-0.15, -0.1) is 0 Å². The molecule has 0 spiro atoms. The van der Waals surface area contributed by atoms with Crippen LogP contribution in [0.2, 0.25) is 0 Å².